The minimum Gasteiger partial charge on any atom is -0.467 e. The highest BCUT2D eigenvalue weighted by molar-refractivity contribution is 5.89. The number of aliphatic hydroxyl groups is 1. The fraction of sp³-hybridized carbons (Fsp3) is 0.150. The van der Waals surface area contributed by atoms with Gasteiger partial charge in [-0.1, -0.05) is 48.5 Å². The highest BCUT2D eigenvalue weighted by Gasteiger charge is 2.20. The number of amides is 2. The van der Waals surface area contributed by atoms with Gasteiger partial charge in [-0.3, -0.25) is 0 Å². The van der Waals surface area contributed by atoms with Crippen molar-refractivity contribution in [1.29, 1.82) is 0 Å². The molecule has 0 unspecified atom stereocenters. The zero-order valence-corrected chi connectivity index (χ0v) is 13.7. The molecule has 0 saturated heterocycles. The number of para-hydroxylation sites is 1. The maximum Gasteiger partial charge on any atom is 0.322 e. The first-order valence-electron chi connectivity index (χ1n) is 8.09. The molecule has 3 rings (SSSR count). The van der Waals surface area contributed by atoms with Gasteiger partial charge in [-0.05, 0) is 29.8 Å². The third-order valence-corrected chi connectivity index (χ3v) is 3.79. The van der Waals surface area contributed by atoms with Gasteiger partial charge in [0.25, 0.3) is 0 Å². The van der Waals surface area contributed by atoms with Gasteiger partial charge >= 0.3 is 6.03 Å². The SMILES string of the molecule is O=C(Nc1ccccc1)N(Cc1ccccc1)C[C@H](O)c1ccco1. The molecule has 0 aliphatic rings. The van der Waals surface area contributed by atoms with Gasteiger partial charge in [0, 0.05) is 12.2 Å². The highest BCUT2D eigenvalue weighted by Crippen LogP contribution is 2.17. The van der Waals surface area contributed by atoms with E-state index in [-0.39, 0.29) is 12.6 Å². The van der Waals surface area contributed by atoms with Crippen molar-refractivity contribution in [3.63, 3.8) is 0 Å². The van der Waals surface area contributed by atoms with Crippen LogP contribution in [0.5, 0.6) is 0 Å². The number of urea groups is 1. The lowest BCUT2D eigenvalue weighted by atomic mass is 10.2. The van der Waals surface area contributed by atoms with E-state index in [2.05, 4.69) is 5.32 Å². The van der Waals surface area contributed by atoms with Crippen LogP contribution in [0.3, 0.4) is 0 Å². The lowest BCUT2D eigenvalue weighted by molar-refractivity contribution is 0.105. The van der Waals surface area contributed by atoms with E-state index in [1.807, 2.05) is 60.7 Å². The van der Waals surface area contributed by atoms with Crippen molar-refractivity contribution in [2.45, 2.75) is 12.6 Å². The van der Waals surface area contributed by atoms with Gasteiger partial charge in [0.2, 0.25) is 0 Å². The molecular formula is C20H20N2O3. The van der Waals surface area contributed by atoms with E-state index in [1.165, 1.54) is 6.26 Å². The Hall–Kier alpha value is -3.05. The number of nitrogens with zero attached hydrogens (tertiary/aromatic N) is 1. The van der Waals surface area contributed by atoms with E-state index in [0.29, 0.717) is 18.0 Å². The standard InChI is InChI=1S/C20H20N2O3/c23-18(19-12-7-13-25-19)15-22(14-16-8-3-1-4-9-16)20(24)21-17-10-5-2-6-11-17/h1-13,18,23H,14-15H2,(H,21,24)/t18-/m0/s1. The molecule has 128 valence electrons. The van der Waals surface area contributed by atoms with E-state index in [4.69, 9.17) is 4.42 Å². The van der Waals surface area contributed by atoms with Gasteiger partial charge < -0.3 is 19.7 Å². The third-order valence-electron chi connectivity index (χ3n) is 3.79. The summed E-state index contributed by atoms with van der Waals surface area (Å²) < 4.78 is 5.24. The van der Waals surface area contributed by atoms with Crippen LogP contribution in [0.25, 0.3) is 0 Å². The first-order valence-corrected chi connectivity index (χ1v) is 8.09. The summed E-state index contributed by atoms with van der Waals surface area (Å²) in [5.74, 6) is 0.436. The Kier molecular flexibility index (Phi) is 5.49. The normalized spacial score (nSPS) is 11.7. The molecule has 0 bridgehead atoms. The maximum atomic E-state index is 12.7. The number of nitrogens with one attached hydrogen (secondary N) is 1. The molecule has 1 heterocycles. The minimum atomic E-state index is -0.889. The molecule has 5 nitrogen and oxygen atoms in total. The van der Waals surface area contributed by atoms with Crippen molar-refractivity contribution >= 4 is 11.7 Å². The lowest BCUT2D eigenvalue weighted by Crippen LogP contribution is -2.37. The van der Waals surface area contributed by atoms with Crippen LogP contribution in [0.2, 0.25) is 0 Å². The largest absolute Gasteiger partial charge is 0.467 e. The minimum absolute atomic E-state index is 0.126. The summed E-state index contributed by atoms with van der Waals surface area (Å²) in [5.41, 5.74) is 1.69. The van der Waals surface area contributed by atoms with Crippen LogP contribution in [-0.4, -0.2) is 22.6 Å². The fourth-order valence-corrected chi connectivity index (χ4v) is 2.53. The summed E-state index contributed by atoms with van der Waals surface area (Å²) >= 11 is 0. The lowest BCUT2D eigenvalue weighted by Gasteiger charge is -2.25. The van der Waals surface area contributed by atoms with Crippen molar-refractivity contribution in [2.24, 2.45) is 0 Å². The molecular weight excluding hydrogens is 316 g/mol. The number of rotatable bonds is 6. The molecule has 0 fully saturated rings. The molecule has 0 aliphatic carbocycles. The van der Waals surface area contributed by atoms with Gasteiger partial charge in [0.1, 0.15) is 11.9 Å². The fourth-order valence-electron chi connectivity index (χ4n) is 2.53. The Morgan fingerprint density at radius 2 is 1.68 bits per heavy atom. The second-order valence-electron chi connectivity index (χ2n) is 5.69. The highest BCUT2D eigenvalue weighted by atomic mass is 16.4. The molecule has 1 aromatic heterocycles. The average molecular weight is 336 g/mol. The molecule has 2 aromatic carbocycles. The zero-order chi connectivity index (χ0) is 17.5. The van der Waals surface area contributed by atoms with Crippen LogP contribution in [0, 0.1) is 0 Å². The molecule has 0 aliphatic heterocycles. The molecule has 2 N–H and O–H groups in total. The number of hydrogen-bond acceptors (Lipinski definition) is 3. The van der Waals surface area contributed by atoms with Crippen molar-refractivity contribution in [1.82, 2.24) is 4.90 Å². The third kappa shape index (κ3) is 4.71. The van der Waals surface area contributed by atoms with Gasteiger partial charge in [0.15, 0.2) is 0 Å². The van der Waals surface area contributed by atoms with Crippen LogP contribution in [0.4, 0.5) is 10.5 Å². The first-order chi connectivity index (χ1) is 12.2. The second-order valence-corrected chi connectivity index (χ2v) is 5.69. The summed E-state index contributed by atoms with van der Waals surface area (Å²) in [6.45, 7) is 0.512. The summed E-state index contributed by atoms with van der Waals surface area (Å²) in [6.07, 6.45) is 0.615. The zero-order valence-electron chi connectivity index (χ0n) is 13.7. The molecule has 2 amide bonds. The van der Waals surface area contributed by atoms with Gasteiger partial charge in [-0.2, -0.15) is 0 Å². The van der Waals surface area contributed by atoms with Gasteiger partial charge in [-0.25, -0.2) is 4.79 Å². The Morgan fingerprint density at radius 1 is 1.00 bits per heavy atom. The number of benzene rings is 2. The van der Waals surface area contributed by atoms with E-state index < -0.39 is 6.10 Å². The maximum absolute atomic E-state index is 12.7. The van der Waals surface area contributed by atoms with Crippen LogP contribution < -0.4 is 5.32 Å². The summed E-state index contributed by atoms with van der Waals surface area (Å²) in [4.78, 5) is 14.3. The number of hydrogen-bond donors (Lipinski definition) is 2. The predicted molar refractivity (Wildman–Crippen MR) is 96.0 cm³/mol. The molecule has 0 radical (unpaired) electrons. The number of anilines is 1. The molecule has 3 aromatic rings. The molecule has 5 heteroatoms. The predicted octanol–water partition coefficient (Wildman–Crippen LogP) is 4.05. The first kappa shape index (κ1) is 16.8. The van der Waals surface area contributed by atoms with Crippen LogP contribution >= 0.6 is 0 Å². The van der Waals surface area contributed by atoms with Crippen LogP contribution in [-0.2, 0) is 6.54 Å². The topological polar surface area (TPSA) is 65.7 Å². The van der Waals surface area contributed by atoms with Crippen molar-refractivity contribution in [2.75, 3.05) is 11.9 Å². The van der Waals surface area contributed by atoms with E-state index in [0.717, 1.165) is 5.56 Å². The second kappa shape index (κ2) is 8.17. The summed E-state index contributed by atoms with van der Waals surface area (Å²) in [5, 5.41) is 13.2. The van der Waals surface area contributed by atoms with Gasteiger partial charge in [0.05, 0.1) is 12.8 Å². The number of aliphatic hydroxyl groups excluding tert-OH is 1. The monoisotopic (exact) mass is 336 g/mol. The molecule has 1 atom stereocenters. The van der Waals surface area contributed by atoms with Crippen LogP contribution in [0.15, 0.2) is 83.5 Å². The molecule has 25 heavy (non-hydrogen) atoms. The van der Waals surface area contributed by atoms with Crippen LogP contribution in [0.1, 0.15) is 17.4 Å². The number of furan rings is 1. The van der Waals surface area contributed by atoms with Crippen molar-refractivity contribution in [3.8, 4) is 0 Å². The van der Waals surface area contributed by atoms with Crippen molar-refractivity contribution < 1.29 is 14.3 Å². The van der Waals surface area contributed by atoms with E-state index in [1.54, 1.807) is 17.0 Å². The van der Waals surface area contributed by atoms with Gasteiger partial charge in [-0.15, -0.1) is 0 Å². The van der Waals surface area contributed by atoms with Crippen molar-refractivity contribution in [3.05, 3.63) is 90.4 Å². The van der Waals surface area contributed by atoms with E-state index in [9.17, 15) is 9.90 Å². The number of carbonyl (C=O) groups is 1. The smallest absolute Gasteiger partial charge is 0.322 e. The Labute approximate surface area is 146 Å². The molecule has 0 saturated carbocycles. The van der Waals surface area contributed by atoms with E-state index >= 15 is 0 Å². The summed E-state index contributed by atoms with van der Waals surface area (Å²) in [7, 11) is 0. The number of carbonyl (C=O) groups excluding carboxylic acids is 1. The quantitative estimate of drug-likeness (QED) is 0.714. The Morgan fingerprint density at radius 3 is 2.32 bits per heavy atom. The Balaban J connectivity index is 1.74. The summed E-state index contributed by atoms with van der Waals surface area (Å²) in [6, 6.07) is 22.0. The Bertz CT molecular complexity index is 773. The molecule has 0 spiro atoms. The average Bonchev–Trinajstić information content (AvgIpc) is 3.18.